The predicted molar refractivity (Wildman–Crippen MR) is 103 cm³/mol. The molecule has 3 aromatic rings. The maximum Gasteiger partial charge on any atom is 0.149 e. The zero-order valence-electron chi connectivity index (χ0n) is 15.2. The summed E-state index contributed by atoms with van der Waals surface area (Å²) in [6.45, 7) is 7.00. The summed E-state index contributed by atoms with van der Waals surface area (Å²) in [6.07, 6.45) is 1.78. The van der Waals surface area contributed by atoms with Crippen molar-refractivity contribution in [3.63, 3.8) is 0 Å². The summed E-state index contributed by atoms with van der Waals surface area (Å²) in [7, 11) is 0. The quantitative estimate of drug-likeness (QED) is 0.654. The molecule has 0 aliphatic carbocycles. The van der Waals surface area contributed by atoms with Gasteiger partial charge in [-0.15, -0.1) is 0 Å². The third-order valence-electron chi connectivity index (χ3n) is 3.91. The smallest absolute Gasteiger partial charge is 0.149 e. The minimum atomic E-state index is 0.448. The molecule has 0 fully saturated rings. The zero-order valence-corrected chi connectivity index (χ0v) is 15.2. The van der Waals surface area contributed by atoms with Crippen molar-refractivity contribution in [2.24, 2.45) is 0 Å². The van der Waals surface area contributed by atoms with E-state index in [9.17, 15) is 5.26 Å². The molecule has 0 saturated carbocycles. The van der Waals surface area contributed by atoms with E-state index >= 15 is 0 Å². The number of aromatic nitrogens is 2. The van der Waals surface area contributed by atoms with Gasteiger partial charge in [0.05, 0.1) is 29.8 Å². The first-order valence-electron chi connectivity index (χ1n) is 8.62. The topological polar surface area (TPSA) is 70.9 Å². The van der Waals surface area contributed by atoms with E-state index in [-0.39, 0.29) is 0 Å². The third-order valence-corrected chi connectivity index (χ3v) is 3.91. The Balaban J connectivity index is 2.03. The van der Waals surface area contributed by atoms with Gasteiger partial charge in [0, 0.05) is 11.6 Å². The van der Waals surface area contributed by atoms with Crippen LogP contribution in [0.5, 0.6) is 11.5 Å². The van der Waals surface area contributed by atoms with Crippen LogP contribution in [0.1, 0.15) is 30.8 Å². The van der Waals surface area contributed by atoms with E-state index in [1.807, 2.05) is 57.2 Å². The average molecular weight is 347 g/mol. The van der Waals surface area contributed by atoms with Crippen LogP contribution < -0.4 is 9.47 Å². The Labute approximate surface area is 152 Å². The normalized spacial score (nSPS) is 11.4. The second-order valence-corrected chi connectivity index (χ2v) is 5.84. The monoisotopic (exact) mass is 347 g/mol. The van der Waals surface area contributed by atoms with Crippen LogP contribution in [0, 0.1) is 18.3 Å². The van der Waals surface area contributed by atoms with Crippen LogP contribution >= 0.6 is 0 Å². The summed E-state index contributed by atoms with van der Waals surface area (Å²) in [5.41, 5.74) is 4.15. The first-order valence-corrected chi connectivity index (χ1v) is 8.62. The SMILES string of the molecule is CCOc1ccc(C=C(C#N)c2nc3ccc(C)cc3[nH]2)c(OCC)c1. The number of imidazole rings is 1. The van der Waals surface area contributed by atoms with E-state index < -0.39 is 0 Å². The summed E-state index contributed by atoms with van der Waals surface area (Å²) < 4.78 is 11.2. The van der Waals surface area contributed by atoms with Crippen molar-refractivity contribution >= 4 is 22.7 Å². The van der Waals surface area contributed by atoms with Crippen LogP contribution in [0.4, 0.5) is 0 Å². The number of hydrogen-bond donors (Lipinski definition) is 1. The lowest BCUT2D eigenvalue weighted by Gasteiger charge is -2.10. The highest BCUT2D eigenvalue weighted by Gasteiger charge is 2.11. The van der Waals surface area contributed by atoms with Crippen molar-refractivity contribution < 1.29 is 9.47 Å². The van der Waals surface area contributed by atoms with Crippen LogP contribution in [0.15, 0.2) is 36.4 Å². The molecule has 2 aromatic carbocycles. The Morgan fingerprint density at radius 3 is 2.69 bits per heavy atom. The van der Waals surface area contributed by atoms with E-state index in [1.165, 1.54) is 0 Å². The number of benzene rings is 2. The summed E-state index contributed by atoms with van der Waals surface area (Å²) >= 11 is 0. The Morgan fingerprint density at radius 1 is 1.15 bits per heavy atom. The molecule has 1 N–H and O–H groups in total. The highest BCUT2D eigenvalue weighted by Crippen LogP contribution is 2.29. The molecule has 3 rings (SSSR count). The number of aromatic amines is 1. The lowest BCUT2D eigenvalue weighted by Crippen LogP contribution is -1.97. The number of allylic oxidation sites excluding steroid dienone is 1. The molecule has 26 heavy (non-hydrogen) atoms. The molecule has 1 heterocycles. The summed E-state index contributed by atoms with van der Waals surface area (Å²) in [4.78, 5) is 7.76. The van der Waals surface area contributed by atoms with Gasteiger partial charge < -0.3 is 14.5 Å². The second-order valence-electron chi connectivity index (χ2n) is 5.84. The molecule has 0 bridgehead atoms. The van der Waals surface area contributed by atoms with E-state index in [1.54, 1.807) is 6.08 Å². The highest BCUT2D eigenvalue weighted by molar-refractivity contribution is 5.91. The minimum absolute atomic E-state index is 0.448. The van der Waals surface area contributed by atoms with Crippen LogP contribution in [0.3, 0.4) is 0 Å². The van der Waals surface area contributed by atoms with E-state index in [0.29, 0.717) is 30.4 Å². The molecule has 0 aliphatic heterocycles. The van der Waals surface area contributed by atoms with Crippen molar-refractivity contribution in [3.8, 4) is 17.6 Å². The molecule has 0 spiro atoms. The Morgan fingerprint density at radius 2 is 1.96 bits per heavy atom. The van der Waals surface area contributed by atoms with Crippen LogP contribution in [-0.4, -0.2) is 23.2 Å². The van der Waals surface area contributed by atoms with Gasteiger partial charge in [-0.3, -0.25) is 0 Å². The van der Waals surface area contributed by atoms with Crippen molar-refractivity contribution in [2.45, 2.75) is 20.8 Å². The molecular formula is C21H21N3O2. The van der Waals surface area contributed by atoms with Crippen LogP contribution in [0.2, 0.25) is 0 Å². The Hall–Kier alpha value is -3.26. The molecule has 0 unspecified atom stereocenters. The fourth-order valence-electron chi connectivity index (χ4n) is 2.73. The highest BCUT2D eigenvalue weighted by atomic mass is 16.5. The molecule has 5 heteroatoms. The third kappa shape index (κ3) is 3.70. The fourth-order valence-corrected chi connectivity index (χ4v) is 2.73. The van der Waals surface area contributed by atoms with Gasteiger partial charge in [0.2, 0.25) is 0 Å². The molecule has 0 saturated heterocycles. The van der Waals surface area contributed by atoms with Crippen molar-refractivity contribution in [1.82, 2.24) is 9.97 Å². The van der Waals surface area contributed by atoms with Gasteiger partial charge in [-0.1, -0.05) is 6.07 Å². The molecule has 0 amide bonds. The van der Waals surface area contributed by atoms with Crippen molar-refractivity contribution in [2.75, 3.05) is 13.2 Å². The first-order chi connectivity index (χ1) is 12.6. The second kappa shape index (κ2) is 7.75. The van der Waals surface area contributed by atoms with Gasteiger partial charge in [-0.25, -0.2) is 4.98 Å². The number of hydrogen-bond acceptors (Lipinski definition) is 4. The van der Waals surface area contributed by atoms with Gasteiger partial charge >= 0.3 is 0 Å². The molecule has 0 radical (unpaired) electrons. The summed E-state index contributed by atoms with van der Waals surface area (Å²) in [5.74, 6) is 1.97. The van der Waals surface area contributed by atoms with E-state index in [4.69, 9.17) is 9.47 Å². The number of H-pyrrole nitrogens is 1. The summed E-state index contributed by atoms with van der Waals surface area (Å²) in [6, 6.07) is 13.8. The molecule has 1 aromatic heterocycles. The van der Waals surface area contributed by atoms with Gasteiger partial charge in [-0.2, -0.15) is 5.26 Å². The largest absolute Gasteiger partial charge is 0.494 e. The minimum Gasteiger partial charge on any atom is -0.494 e. The lowest BCUT2D eigenvalue weighted by molar-refractivity contribution is 0.322. The van der Waals surface area contributed by atoms with Crippen molar-refractivity contribution in [1.29, 1.82) is 5.26 Å². The Kier molecular flexibility index (Phi) is 5.23. The number of nitrogens with one attached hydrogen (secondary N) is 1. The first kappa shape index (κ1) is 17.6. The van der Waals surface area contributed by atoms with Gasteiger partial charge in [0.25, 0.3) is 0 Å². The lowest BCUT2D eigenvalue weighted by atomic mass is 10.1. The van der Waals surface area contributed by atoms with Gasteiger partial charge in [-0.05, 0) is 56.7 Å². The average Bonchev–Trinajstić information content (AvgIpc) is 3.04. The standard InChI is InChI=1S/C21H21N3O2/c1-4-25-17-8-7-15(20(12-17)26-5-2)11-16(13-22)21-23-18-9-6-14(3)10-19(18)24-21/h6-12H,4-5H2,1-3H3,(H,23,24). The van der Waals surface area contributed by atoms with Gasteiger partial charge in [0.1, 0.15) is 23.4 Å². The predicted octanol–water partition coefficient (Wildman–Crippen LogP) is 4.73. The van der Waals surface area contributed by atoms with Gasteiger partial charge in [0.15, 0.2) is 0 Å². The molecule has 132 valence electrons. The maximum absolute atomic E-state index is 9.64. The summed E-state index contributed by atoms with van der Waals surface area (Å²) in [5, 5.41) is 9.64. The number of nitrogens with zero attached hydrogens (tertiary/aromatic N) is 2. The maximum atomic E-state index is 9.64. The van der Waals surface area contributed by atoms with Crippen LogP contribution in [-0.2, 0) is 0 Å². The number of fused-ring (bicyclic) bond motifs is 1. The fraction of sp³-hybridized carbons (Fsp3) is 0.238. The van der Waals surface area contributed by atoms with E-state index in [2.05, 4.69) is 16.0 Å². The number of nitriles is 1. The zero-order chi connectivity index (χ0) is 18.5. The Bertz CT molecular complexity index is 996. The number of aryl methyl sites for hydroxylation is 1. The molecule has 0 atom stereocenters. The molecular weight excluding hydrogens is 326 g/mol. The molecule has 5 nitrogen and oxygen atoms in total. The van der Waals surface area contributed by atoms with E-state index in [0.717, 1.165) is 27.9 Å². The molecule has 0 aliphatic rings. The van der Waals surface area contributed by atoms with Crippen molar-refractivity contribution in [3.05, 3.63) is 53.3 Å². The number of ether oxygens (including phenoxy) is 2. The number of rotatable bonds is 6. The van der Waals surface area contributed by atoms with Crippen LogP contribution in [0.25, 0.3) is 22.7 Å².